The minimum absolute atomic E-state index is 1.09. The third-order valence-electron chi connectivity index (χ3n) is 3.46. The Morgan fingerprint density at radius 2 is 0.792 bits per heavy atom. The number of rotatable bonds is 13. The second-order valence-corrected chi connectivity index (χ2v) is 6.84. The minimum atomic E-state index is -4.67. The number of unbranched alkanes of at least 4 members (excludes halogenated alkanes) is 11. The molecule has 0 atom stereocenters. The average molecular weight is 370 g/mol. The van der Waals surface area contributed by atoms with Crippen molar-refractivity contribution in [3.05, 3.63) is 0 Å². The van der Waals surface area contributed by atoms with Gasteiger partial charge < -0.3 is 5.32 Å². The van der Waals surface area contributed by atoms with Crippen molar-refractivity contribution >= 4 is 10.4 Å². The fourth-order valence-corrected chi connectivity index (χ4v) is 2.16. The molecule has 0 aliphatic heterocycles. The minimum Gasteiger partial charge on any atom is -0.317 e. The van der Waals surface area contributed by atoms with Crippen molar-refractivity contribution in [2.45, 2.75) is 105 Å². The van der Waals surface area contributed by atoms with Gasteiger partial charge in [-0.1, -0.05) is 105 Å². The summed E-state index contributed by atoms with van der Waals surface area (Å²) in [5, 5.41) is 3.11. The van der Waals surface area contributed by atoms with Gasteiger partial charge in [0.1, 0.15) is 0 Å². The van der Waals surface area contributed by atoms with Crippen molar-refractivity contribution in [1.29, 1.82) is 0 Å². The molecular formula is C18H43NO4S. The van der Waals surface area contributed by atoms with E-state index in [2.05, 4.69) is 33.0 Å². The Labute approximate surface area is 151 Å². The topological polar surface area (TPSA) is 86.6 Å². The maximum atomic E-state index is 8.74. The molecule has 6 heteroatoms. The third-order valence-corrected chi connectivity index (χ3v) is 3.46. The molecule has 0 spiro atoms. The van der Waals surface area contributed by atoms with Crippen LogP contribution in [-0.4, -0.2) is 30.6 Å². The highest BCUT2D eigenvalue weighted by atomic mass is 32.3. The third kappa shape index (κ3) is 57.5. The molecule has 150 valence electrons. The van der Waals surface area contributed by atoms with E-state index in [1.54, 1.807) is 0 Å². The van der Waals surface area contributed by atoms with Gasteiger partial charge in [0, 0.05) is 0 Å². The number of hydrogen-bond acceptors (Lipinski definition) is 3. The molecule has 0 heterocycles. The van der Waals surface area contributed by atoms with E-state index < -0.39 is 10.4 Å². The van der Waals surface area contributed by atoms with Crippen molar-refractivity contribution in [3.63, 3.8) is 0 Å². The van der Waals surface area contributed by atoms with E-state index in [1.807, 2.05) is 0 Å². The molecule has 0 amide bonds. The normalized spacial score (nSPS) is 10.4. The van der Waals surface area contributed by atoms with Crippen LogP contribution in [0.15, 0.2) is 0 Å². The van der Waals surface area contributed by atoms with Crippen LogP contribution in [0.5, 0.6) is 0 Å². The van der Waals surface area contributed by atoms with E-state index in [0.29, 0.717) is 0 Å². The van der Waals surface area contributed by atoms with E-state index in [9.17, 15) is 0 Å². The van der Waals surface area contributed by atoms with Gasteiger partial charge in [0.05, 0.1) is 0 Å². The molecule has 0 radical (unpaired) electrons. The lowest BCUT2D eigenvalue weighted by Gasteiger charge is -2.01. The van der Waals surface area contributed by atoms with Gasteiger partial charge in [0.2, 0.25) is 0 Å². The smallest absolute Gasteiger partial charge is 0.317 e. The van der Waals surface area contributed by atoms with Gasteiger partial charge in [-0.15, -0.1) is 0 Å². The Bertz CT molecular complexity index is 273. The van der Waals surface area contributed by atoms with Crippen LogP contribution in [0, 0.1) is 0 Å². The van der Waals surface area contributed by atoms with E-state index in [0.717, 1.165) is 13.1 Å². The van der Waals surface area contributed by atoms with Gasteiger partial charge in [-0.05, 0) is 13.1 Å². The summed E-state index contributed by atoms with van der Waals surface area (Å²) < 4.78 is 31.6. The highest BCUT2D eigenvalue weighted by Crippen LogP contribution is 2.11. The highest BCUT2D eigenvalue weighted by Gasteiger charge is 1.91. The molecule has 0 fully saturated rings. The number of nitrogens with one attached hydrogen (secondary N) is 1. The summed E-state index contributed by atoms with van der Waals surface area (Å²) in [6, 6.07) is 0. The highest BCUT2D eigenvalue weighted by molar-refractivity contribution is 7.79. The van der Waals surface area contributed by atoms with Crippen LogP contribution >= 0.6 is 0 Å². The second-order valence-electron chi connectivity index (χ2n) is 5.94. The van der Waals surface area contributed by atoms with Crippen LogP contribution in [0.4, 0.5) is 0 Å². The molecule has 0 aromatic carbocycles. The number of hydrogen-bond donors (Lipinski definition) is 3. The molecule has 0 rings (SSSR count). The van der Waals surface area contributed by atoms with Gasteiger partial charge in [0.15, 0.2) is 0 Å². The van der Waals surface area contributed by atoms with Crippen molar-refractivity contribution < 1.29 is 17.5 Å². The van der Waals surface area contributed by atoms with Crippen LogP contribution in [0.1, 0.15) is 105 Å². The van der Waals surface area contributed by atoms with E-state index in [1.165, 1.54) is 77.0 Å². The first-order valence-electron chi connectivity index (χ1n) is 9.73. The van der Waals surface area contributed by atoms with Gasteiger partial charge in [-0.2, -0.15) is 8.42 Å². The maximum Gasteiger partial charge on any atom is 0.394 e. The molecule has 0 bridgehead atoms. The second kappa shape index (κ2) is 25.1. The predicted octanol–water partition coefficient (Wildman–Crippen LogP) is 5.67. The van der Waals surface area contributed by atoms with Gasteiger partial charge in [0.25, 0.3) is 0 Å². The molecule has 0 aromatic heterocycles. The van der Waals surface area contributed by atoms with Gasteiger partial charge in [-0.25, -0.2) is 0 Å². The molecule has 0 saturated carbocycles. The van der Waals surface area contributed by atoms with Crippen molar-refractivity contribution in [2.75, 3.05) is 13.1 Å². The molecule has 24 heavy (non-hydrogen) atoms. The maximum absolute atomic E-state index is 8.74. The molecule has 0 aliphatic carbocycles. The summed E-state index contributed by atoms with van der Waals surface area (Å²) in [4.78, 5) is 0. The molecule has 5 nitrogen and oxygen atoms in total. The zero-order valence-electron chi connectivity index (χ0n) is 16.5. The van der Waals surface area contributed by atoms with Crippen LogP contribution < -0.4 is 5.32 Å². The van der Waals surface area contributed by atoms with Crippen molar-refractivity contribution in [3.8, 4) is 0 Å². The lowest BCUT2D eigenvalue weighted by atomic mass is 10.1. The lowest BCUT2D eigenvalue weighted by Crippen LogP contribution is -2.09. The summed E-state index contributed by atoms with van der Waals surface area (Å²) in [5.74, 6) is 0. The molecular weight excluding hydrogens is 326 g/mol. The SMILES string of the molecule is CCCCCCCCCCCCCC.CCNCC.O=S(=O)(O)O. The zero-order valence-corrected chi connectivity index (χ0v) is 17.3. The summed E-state index contributed by atoms with van der Waals surface area (Å²) in [5.41, 5.74) is 0. The van der Waals surface area contributed by atoms with Crippen LogP contribution in [0.3, 0.4) is 0 Å². The standard InChI is InChI=1S/C14H30.C4H11N.H2O4S/c1-3-5-7-9-11-13-14-12-10-8-6-4-2;1-3-5-4-2;1-5(2,3)4/h3-14H2,1-2H3;5H,3-4H2,1-2H3;(H2,1,2,3,4). The lowest BCUT2D eigenvalue weighted by molar-refractivity contribution is 0.381. The first-order valence-corrected chi connectivity index (χ1v) is 11.1. The molecule has 3 N–H and O–H groups in total. The fraction of sp³-hybridized carbons (Fsp3) is 1.00. The zero-order chi connectivity index (χ0) is 19.1. The fourth-order valence-electron chi connectivity index (χ4n) is 2.16. The Balaban J connectivity index is -0.000000361. The summed E-state index contributed by atoms with van der Waals surface area (Å²) >= 11 is 0. The van der Waals surface area contributed by atoms with E-state index in [4.69, 9.17) is 17.5 Å². The van der Waals surface area contributed by atoms with Crippen LogP contribution in [-0.2, 0) is 10.4 Å². The first-order chi connectivity index (χ1) is 11.3. The Hall–Kier alpha value is -0.170. The Kier molecular flexibility index (Phi) is 29.9. The van der Waals surface area contributed by atoms with Gasteiger partial charge >= 0.3 is 10.4 Å². The predicted molar refractivity (Wildman–Crippen MR) is 105 cm³/mol. The first kappa shape index (κ1) is 28.6. The van der Waals surface area contributed by atoms with E-state index in [-0.39, 0.29) is 0 Å². The summed E-state index contributed by atoms with van der Waals surface area (Å²) in [6.07, 6.45) is 17.4. The van der Waals surface area contributed by atoms with Gasteiger partial charge in [-0.3, -0.25) is 9.11 Å². The molecule has 0 aliphatic rings. The summed E-state index contributed by atoms with van der Waals surface area (Å²) in [7, 11) is -4.67. The van der Waals surface area contributed by atoms with Crippen molar-refractivity contribution in [1.82, 2.24) is 5.32 Å². The quantitative estimate of drug-likeness (QED) is 0.287. The average Bonchev–Trinajstić information content (AvgIpc) is 2.49. The van der Waals surface area contributed by atoms with E-state index >= 15 is 0 Å². The monoisotopic (exact) mass is 369 g/mol. The Morgan fingerprint density at radius 3 is 0.917 bits per heavy atom. The molecule has 0 saturated heterocycles. The summed E-state index contributed by atoms with van der Waals surface area (Å²) in [6.45, 7) is 11.0. The van der Waals surface area contributed by atoms with Crippen molar-refractivity contribution in [2.24, 2.45) is 0 Å². The largest absolute Gasteiger partial charge is 0.394 e. The molecule has 0 unspecified atom stereocenters. The van der Waals surface area contributed by atoms with Crippen LogP contribution in [0.2, 0.25) is 0 Å². The Morgan fingerprint density at radius 1 is 0.583 bits per heavy atom. The van der Waals surface area contributed by atoms with Crippen LogP contribution in [0.25, 0.3) is 0 Å². The molecule has 0 aromatic rings.